The Morgan fingerprint density at radius 1 is 1.75 bits per heavy atom. The van der Waals surface area contributed by atoms with Crippen LogP contribution in [0.1, 0.15) is 19.4 Å². The van der Waals surface area contributed by atoms with Crippen LogP contribution in [0.15, 0.2) is 12.4 Å². The first-order valence-electron chi connectivity index (χ1n) is 4.04. The summed E-state index contributed by atoms with van der Waals surface area (Å²) in [4.78, 5) is 3.01. The van der Waals surface area contributed by atoms with Gasteiger partial charge in [-0.1, -0.05) is 6.92 Å². The lowest BCUT2D eigenvalue weighted by atomic mass is 10.2. The highest BCUT2D eigenvalue weighted by atomic mass is 32.2. The first-order chi connectivity index (χ1) is 5.79. The van der Waals surface area contributed by atoms with Crippen LogP contribution in [-0.2, 0) is 0 Å². The number of aromatic amines is 1. The molecule has 0 spiro atoms. The van der Waals surface area contributed by atoms with Gasteiger partial charge >= 0.3 is 0 Å². The van der Waals surface area contributed by atoms with Crippen molar-refractivity contribution in [3.63, 3.8) is 0 Å². The van der Waals surface area contributed by atoms with Gasteiger partial charge in [0.05, 0.1) is 0 Å². The van der Waals surface area contributed by atoms with Crippen LogP contribution in [0.3, 0.4) is 0 Å². The summed E-state index contributed by atoms with van der Waals surface area (Å²) in [5.74, 6) is 1.13. The van der Waals surface area contributed by atoms with Crippen LogP contribution in [0, 0.1) is 4.77 Å². The quantitative estimate of drug-likeness (QED) is 0.758. The van der Waals surface area contributed by atoms with E-state index in [1.54, 1.807) is 0 Å². The molecular weight excluding hydrogens is 188 g/mol. The molecule has 0 bridgehead atoms. The zero-order chi connectivity index (χ0) is 8.97. The van der Waals surface area contributed by atoms with Crippen LogP contribution in [0.4, 0.5) is 0 Å². The van der Waals surface area contributed by atoms with E-state index in [1.165, 1.54) is 0 Å². The van der Waals surface area contributed by atoms with E-state index in [1.807, 2.05) is 24.2 Å². The maximum Gasteiger partial charge on any atom is 0.177 e. The highest BCUT2D eigenvalue weighted by molar-refractivity contribution is 7.98. The highest BCUT2D eigenvalue weighted by Crippen LogP contribution is 2.16. The number of thioether (sulfide) groups is 1. The number of H-pyrrole nitrogens is 1. The van der Waals surface area contributed by atoms with Crippen molar-refractivity contribution in [3.05, 3.63) is 17.2 Å². The predicted octanol–water partition coefficient (Wildman–Crippen LogP) is 2.86. The molecule has 12 heavy (non-hydrogen) atoms. The summed E-state index contributed by atoms with van der Waals surface area (Å²) in [6.07, 6.45) is 7.17. The summed E-state index contributed by atoms with van der Waals surface area (Å²) in [7, 11) is 0. The van der Waals surface area contributed by atoms with Gasteiger partial charge in [-0.05, 0) is 24.9 Å². The minimum Gasteiger partial charge on any atom is -0.337 e. The van der Waals surface area contributed by atoms with E-state index < -0.39 is 0 Å². The Hall–Kier alpha value is -0.220. The largest absolute Gasteiger partial charge is 0.337 e. The molecule has 1 rings (SSSR count). The van der Waals surface area contributed by atoms with Gasteiger partial charge in [-0.3, -0.25) is 0 Å². The van der Waals surface area contributed by atoms with E-state index >= 15 is 0 Å². The van der Waals surface area contributed by atoms with E-state index in [0.29, 0.717) is 6.04 Å². The maximum absolute atomic E-state index is 5.14. The summed E-state index contributed by atoms with van der Waals surface area (Å²) < 4.78 is 2.96. The Bertz CT molecular complexity index is 277. The molecule has 1 aromatic rings. The number of hydrogen-bond acceptors (Lipinski definition) is 2. The first kappa shape index (κ1) is 9.86. The molecule has 0 saturated carbocycles. The zero-order valence-electron chi connectivity index (χ0n) is 7.41. The molecule has 4 heteroatoms. The number of nitrogens with one attached hydrogen (secondary N) is 1. The van der Waals surface area contributed by atoms with Gasteiger partial charge in [0.2, 0.25) is 0 Å². The van der Waals surface area contributed by atoms with Crippen LogP contribution >= 0.6 is 24.0 Å². The molecule has 0 aliphatic carbocycles. The lowest BCUT2D eigenvalue weighted by molar-refractivity contribution is 0.533. The van der Waals surface area contributed by atoms with E-state index in [0.717, 1.165) is 16.9 Å². The van der Waals surface area contributed by atoms with E-state index in [9.17, 15) is 0 Å². The Kier molecular flexibility index (Phi) is 3.88. The van der Waals surface area contributed by atoms with Crippen molar-refractivity contribution in [1.82, 2.24) is 9.55 Å². The average Bonchev–Trinajstić information content (AvgIpc) is 2.47. The van der Waals surface area contributed by atoms with Crippen molar-refractivity contribution < 1.29 is 0 Å². The van der Waals surface area contributed by atoms with Crippen molar-refractivity contribution in [1.29, 1.82) is 0 Å². The van der Waals surface area contributed by atoms with Crippen molar-refractivity contribution in [2.24, 2.45) is 0 Å². The van der Waals surface area contributed by atoms with Crippen LogP contribution in [0.25, 0.3) is 0 Å². The molecule has 68 valence electrons. The second-order valence-electron chi connectivity index (χ2n) is 2.69. The molecule has 0 fully saturated rings. The van der Waals surface area contributed by atoms with Gasteiger partial charge in [-0.25, -0.2) is 0 Å². The summed E-state index contributed by atoms with van der Waals surface area (Å²) in [6, 6.07) is 0.541. The lowest BCUT2D eigenvalue weighted by Crippen LogP contribution is -2.09. The van der Waals surface area contributed by atoms with Gasteiger partial charge in [0, 0.05) is 24.2 Å². The van der Waals surface area contributed by atoms with Gasteiger partial charge < -0.3 is 9.55 Å². The molecule has 0 saturated heterocycles. The van der Waals surface area contributed by atoms with Crippen molar-refractivity contribution in [2.75, 3.05) is 12.0 Å². The van der Waals surface area contributed by atoms with E-state index in [4.69, 9.17) is 12.2 Å². The van der Waals surface area contributed by atoms with Crippen LogP contribution in [0.5, 0.6) is 0 Å². The smallest absolute Gasteiger partial charge is 0.177 e. The molecule has 0 amide bonds. The Labute approximate surface area is 82.4 Å². The summed E-state index contributed by atoms with van der Waals surface area (Å²) >= 11 is 7.00. The fourth-order valence-electron chi connectivity index (χ4n) is 1.21. The molecule has 1 atom stereocenters. The topological polar surface area (TPSA) is 20.7 Å². The normalized spacial score (nSPS) is 13.2. The molecule has 0 aromatic carbocycles. The van der Waals surface area contributed by atoms with E-state index in [2.05, 4.69) is 22.7 Å². The minimum absolute atomic E-state index is 0.541. The summed E-state index contributed by atoms with van der Waals surface area (Å²) in [6.45, 7) is 2.19. The van der Waals surface area contributed by atoms with Crippen molar-refractivity contribution in [2.45, 2.75) is 19.4 Å². The van der Waals surface area contributed by atoms with Crippen LogP contribution in [-0.4, -0.2) is 21.6 Å². The Morgan fingerprint density at radius 2 is 2.50 bits per heavy atom. The van der Waals surface area contributed by atoms with Gasteiger partial charge in [-0.15, -0.1) is 0 Å². The number of nitrogens with zero attached hydrogens (tertiary/aromatic N) is 1. The first-order valence-corrected chi connectivity index (χ1v) is 5.84. The average molecular weight is 202 g/mol. The molecule has 0 radical (unpaired) electrons. The predicted molar refractivity (Wildman–Crippen MR) is 57.3 cm³/mol. The van der Waals surface area contributed by atoms with Crippen LogP contribution in [0.2, 0.25) is 0 Å². The number of imidazole rings is 1. The van der Waals surface area contributed by atoms with Crippen molar-refractivity contribution in [3.8, 4) is 0 Å². The van der Waals surface area contributed by atoms with Crippen LogP contribution < -0.4 is 0 Å². The number of aromatic nitrogens is 2. The molecule has 2 nitrogen and oxygen atoms in total. The third-order valence-corrected chi connectivity index (χ3v) is 2.95. The Morgan fingerprint density at radius 3 is 2.92 bits per heavy atom. The standard InChI is InChI=1S/C8H14N2S2/c1-3-7(6-12-2)10-5-4-9-8(10)11/h4-5,7H,3,6H2,1-2H3,(H,9,11). The molecular formula is C8H14N2S2. The zero-order valence-corrected chi connectivity index (χ0v) is 9.04. The maximum atomic E-state index is 5.14. The van der Waals surface area contributed by atoms with Gasteiger partial charge in [0.15, 0.2) is 4.77 Å². The third-order valence-electron chi connectivity index (χ3n) is 1.90. The molecule has 0 aliphatic heterocycles. The van der Waals surface area contributed by atoms with Gasteiger partial charge in [0.25, 0.3) is 0 Å². The van der Waals surface area contributed by atoms with Crippen molar-refractivity contribution >= 4 is 24.0 Å². The Balaban J connectivity index is 2.79. The SMILES string of the molecule is CCC(CSC)n1cc[nH]c1=S. The van der Waals surface area contributed by atoms with Gasteiger partial charge in [0.1, 0.15) is 0 Å². The molecule has 1 aromatic heterocycles. The summed E-state index contributed by atoms with van der Waals surface area (Å²) in [5.41, 5.74) is 0. The van der Waals surface area contributed by atoms with Gasteiger partial charge in [-0.2, -0.15) is 11.8 Å². The molecule has 0 aliphatic rings. The number of hydrogen-bond donors (Lipinski definition) is 1. The summed E-state index contributed by atoms with van der Waals surface area (Å²) in [5, 5.41) is 0. The third kappa shape index (κ3) is 2.14. The number of rotatable bonds is 4. The highest BCUT2D eigenvalue weighted by Gasteiger charge is 2.07. The van der Waals surface area contributed by atoms with E-state index in [-0.39, 0.29) is 0 Å². The second-order valence-corrected chi connectivity index (χ2v) is 3.99. The lowest BCUT2D eigenvalue weighted by Gasteiger charge is -2.14. The molecule has 1 heterocycles. The second kappa shape index (κ2) is 4.72. The molecule has 1 N–H and O–H groups in total. The molecule has 1 unspecified atom stereocenters. The fourth-order valence-corrected chi connectivity index (χ4v) is 2.26. The minimum atomic E-state index is 0.541. The fraction of sp³-hybridized carbons (Fsp3) is 0.625. The monoisotopic (exact) mass is 202 g/mol.